The number of benzene rings is 3. The van der Waals surface area contributed by atoms with Gasteiger partial charge in [0.15, 0.2) is 0 Å². The molecule has 0 saturated carbocycles. The van der Waals surface area contributed by atoms with Crippen LogP contribution in [0.25, 0.3) is 0 Å². The second-order valence-corrected chi connectivity index (χ2v) is 10.7. The number of piperidine rings is 1. The zero-order chi connectivity index (χ0) is 32.7. The number of amides is 2. The van der Waals surface area contributed by atoms with Crippen LogP contribution >= 0.6 is 23.2 Å². The van der Waals surface area contributed by atoms with Gasteiger partial charge in [0, 0.05) is 34.5 Å². The highest BCUT2D eigenvalue weighted by molar-refractivity contribution is 6.31. The second kappa shape index (κ2) is 14.9. The summed E-state index contributed by atoms with van der Waals surface area (Å²) in [7, 11) is 0. The fourth-order valence-electron chi connectivity index (χ4n) is 4.72. The number of hydrogen-bond acceptors (Lipinski definition) is 3. The Balaban J connectivity index is 0.000000404. The predicted molar refractivity (Wildman–Crippen MR) is 155 cm³/mol. The number of nitrogens with one attached hydrogen (secondary N) is 1. The summed E-state index contributed by atoms with van der Waals surface area (Å²) in [6.07, 6.45) is -11.3. The molecule has 3 aromatic rings. The third-order valence-electron chi connectivity index (χ3n) is 6.72. The van der Waals surface area contributed by atoms with Crippen LogP contribution < -0.4 is 10.2 Å². The maximum atomic E-state index is 14.0. The van der Waals surface area contributed by atoms with Gasteiger partial charge < -0.3 is 15.1 Å². The van der Waals surface area contributed by atoms with Gasteiger partial charge in [0.25, 0.3) is 0 Å². The van der Waals surface area contributed by atoms with E-state index in [9.17, 15) is 41.0 Å². The van der Waals surface area contributed by atoms with E-state index >= 15 is 0 Å². The third-order valence-corrected chi connectivity index (χ3v) is 7.22. The van der Waals surface area contributed by atoms with Crippen LogP contribution in [0.3, 0.4) is 0 Å². The van der Waals surface area contributed by atoms with Crippen molar-refractivity contribution in [1.82, 2.24) is 4.90 Å². The Hall–Kier alpha value is -3.68. The molecular formula is C29H27Cl2F6N3O4. The molecule has 2 amide bonds. The Morgan fingerprint density at radius 2 is 1.52 bits per heavy atom. The predicted octanol–water partition coefficient (Wildman–Crippen LogP) is 9.08. The molecule has 1 saturated heterocycles. The minimum atomic E-state index is -4.87. The van der Waals surface area contributed by atoms with Crippen molar-refractivity contribution in [2.24, 2.45) is 0 Å². The van der Waals surface area contributed by atoms with Gasteiger partial charge in [-0.25, -0.2) is 9.59 Å². The fraction of sp³-hybridized carbons (Fsp3) is 0.310. The number of alkyl halides is 6. The monoisotopic (exact) mass is 665 g/mol. The van der Waals surface area contributed by atoms with E-state index in [1.807, 2.05) is 0 Å². The van der Waals surface area contributed by atoms with Gasteiger partial charge in [0.1, 0.15) is 6.04 Å². The SMILES string of the molecule is O=C(O)N(c1ccc(Cl)cc1)[C@@H](CN1CCCC(c2cccc(C(F)(F)F)c2)C1)C(F)(F)F.O=C(O)Nc1ccc(Cl)cc1. The van der Waals surface area contributed by atoms with Gasteiger partial charge >= 0.3 is 24.5 Å². The highest BCUT2D eigenvalue weighted by atomic mass is 35.5. The summed E-state index contributed by atoms with van der Waals surface area (Å²) in [4.78, 5) is 23.6. The van der Waals surface area contributed by atoms with Crippen LogP contribution in [0.1, 0.15) is 29.9 Å². The molecule has 1 fully saturated rings. The fourth-order valence-corrected chi connectivity index (χ4v) is 4.97. The van der Waals surface area contributed by atoms with E-state index in [-0.39, 0.29) is 28.7 Å². The molecule has 0 spiro atoms. The molecule has 0 aliphatic carbocycles. The van der Waals surface area contributed by atoms with Gasteiger partial charge in [-0.1, -0.05) is 41.4 Å². The molecule has 3 N–H and O–H groups in total. The first-order valence-electron chi connectivity index (χ1n) is 13.0. The average molecular weight is 666 g/mol. The number of carboxylic acid groups (broad SMARTS) is 2. The van der Waals surface area contributed by atoms with E-state index in [1.165, 1.54) is 41.3 Å². The van der Waals surface area contributed by atoms with Gasteiger partial charge in [-0.3, -0.25) is 10.2 Å². The molecule has 44 heavy (non-hydrogen) atoms. The van der Waals surface area contributed by atoms with E-state index in [0.29, 0.717) is 29.1 Å². The molecule has 0 aromatic heterocycles. The minimum Gasteiger partial charge on any atom is -0.465 e. The number of rotatable bonds is 6. The average Bonchev–Trinajstić information content (AvgIpc) is 2.94. The van der Waals surface area contributed by atoms with Crippen LogP contribution in [-0.2, 0) is 6.18 Å². The van der Waals surface area contributed by atoms with E-state index < -0.39 is 48.6 Å². The van der Waals surface area contributed by atoms with Crippen LogP contribution in [-0.4, -0.2) is 59.2 Å². The Kier molecular flexibility index (Phi) is 11.8. The third kappa shape index (κ3) is 10.2. The van der Waals surface area contributed by atoms with Crippen molar-refractivity contribution in [2.45, 2.75) is 37.2 Å². The lowest BCUT2D eigenvalue weighted by Crippen LogP contribution is -2.55. The lowest BCUT2D eigenvalue weighted by molar-refractivity contribution is -0.152. The van der Waals surface area contributed by atoms with Gasteiger partial charge in [-0.2, -0.15) is 26.3 Å². The number of nitrogens with zero attached hydrogens (tertiary/aromatic N) is 2. The molecule has 15 heteroatoms. The smallest absolute Gasteiger partial charge is 0.416 e. The van der Waals surface area contributed by atoms with E-state index in [2.05, 4.69) is 5.32 Å². The molecule has 1 unspecified atom stereocenters. The largest absolute Gasteiger partial charge is 0.465 e. The normalized spacial score (nSPS) is 16.3. The van der Waals surface area contributed by atoms with Gasteiger partial charge in [-0.05, 0) is 85.5 Å². The summed E-state index contributed by atoms with van der Waals surface area (Å²) in [5, 5.41) is 20.9. The van der Waals surface area contributed by atoms with Crippen LogP contribution in [0.2, 0.25) is 10.0 Å². The maximum absolute atomic E-state index is 14.0. The van der Waals surface area contributed by atoms with Crippen molar-refractivity contribution in [1.29, 1.82) is 0 Å². The molecule has 3 aromatic carbocycles. The number of anilines is 2. The highest BCUT2D eigenvalue weighted by Crippen LogP contribution is 2.35. The van der Waals surface area contributed by atoms with Crippen molar-refractivity contribution >= 4 is 46.8 Å². The molecule has 4 rings (SSSR count). The minimum absolute atomic E-state index is 0.0853. The van der Waals surface area contributed by atoms with Gasteiger partial charge in [0.05, 0.1) is 5.56 Å². The zero-order valence-electron chi connectivity index (χ0n) is 22.7. The number of hydrogen-bond donors (Lipinski definition) is 3. The summed E-state index contributed by atoms with van der Waals surface area (Å²) in [6, 6.07) is 13.8. The molecule has 2 atom stereocenters. The van der Waals surface area contributed by atoms with Crippen LogP contribution in [0.15, 0.2) is 72.8 Å². The summed E-state index contributed by atoms with van der Waals surface area (Å²) in [5.41, 5.74) is -0.0847. The molecule has 1 aliphatic rings. The van der Waals surface area contributed by atoms with Gasteiger partial charge in [0.2, 0.25) is 0 Å². The maximum Gasteiger partial charge on any atom is 0.416 e. The molecule has 1 aliphatic heterocycles. The van der Waals surface area contributed by atoms with Crippen molar-refractivity contribution in [3.63, 3.8) is 0 Å². The Labute approximate surface area is 258 Å². The first-order valence-corrected chi connectivity index (χ1v) is 13.8. The van der Waals surface area contributed by atoms with Crippen LogP contribution in [0, 0.1) is 0 Å². The topological polar surface area (TPSA) is 93.1 Å². The number of carbonyl (C=O) groups is 2. The standard InChI is InChI=1S/C22H21ClF6N2O2.C7H6ClNO2/c23-17-6-8-18(9-7-17)31(20(32)33)19(22(27,28)29)13-30-10-2-4-15(12-30)14-3-1-5-16(11-14)21(24,25)26;8-5-1-3-6(4-2-5)9-7(10)11/h1,3,5-9,11,15,19H,2,4,10,12-13H2,(H,32,33);1-4,9H,(H,10,11)/t15?,19-;/m0./s1. The molecular weight excluding hydrogens is 639 g/mol. The lowest BCUT2D eigenvalue weighted by atomic mass is 9.89. The van der Waals surface area contributed by atoms with Gasteiger partial charge in [-0.15, -0.1) is 0 Å². The summed E-state index contributed by atoms with van der Waals surface area (Å²) in [6.45, 7) is -0.286. The lowest BCUT2D eigenvalue weighted by Gasteiger charge is -2.38. The quantitative estimate of drug-likeness (QED) is 0.228. The molecule has 1 heterocycles. The molecule has 0 radical (unpaired) electrons. The second-order valence-electron chi connectivity index (χ2n) is 9.85. The summed E-state index contributed by atoms with van der Waals surface area (Å²) >= 11 is 11.3. The number of halogens is 8. The Bertz CT molecular complexity index is 1410. The Morgan fingerprint density at radius 1 is 0.932 bits per heavy atom. The van der Waals surface area contributed by atoms with Crippen molar-refractivity contribution in [3.8, 4) is 0 Å². The summed E-state index contributed by atoms with van der Waals surface area (Å²) < 4.78 is 81.1. The Morgan fingerprint density at radius 3 is 2.05 bits per heavy atom. The van der Waals surface area contributed by atoms with Crippen molar-refractivity contribution in [3.05, 3.63) is 94.0 Å². The van der Waals surface area contributed by atoms with Crippen LogP contribution in [0.4, 0.5) is 47.3 Å². The highest BCUT2D eigenvalue weighted by Gasteiger charge is 2.47. The van der Waals surface area contributed by atoms with E-state index in [1.54, 1.807) is 24.3 Å². The molecule has 238 valence electrons. The van der Waals surface area contributed by atoms with Crippen molar-refractivity contribution in [2.75, 3.05) is 29.9 Å². The van der Waals surface area contributed by atoms with Crippen LogP contribution in [0.5, 0.6) is 0 Å². The first-order chi connectivity index (χ1) is 20.5. The summed E-state index contributed by atoms with van der Waals surface area (Å²) in [5.74, 6) is -0.399. The number of likely N-dealkylation sites (tertiary alicyclic amines) is 1. The molecule has 0 bridgehead atoms. The first kappa shape index (κ1) is 34.8. The zero-order valence-corrected chi connectivity index (χ0v) is 24.3. The van der Waals surface area contributed by atoms with E-state index in [0.717, 1.165) is 12.1 Å². The van der Waals surface area contributed by atoms with E-state index in [4.69, 9.17) is 28.3 Å². The molecule has 7 nitrogen and oxygen atoms in total. The van der Waals surface area contributed by atoms with Crippen molar-refractivity contribution < 1.29 is 46.1 Å².